The molecule has 0 saturated carbocycles. The van der Waals surface area contributed by atoms with Crippen LogP contribution in [0.1, 0.15) is 6.85 Å². The van der Waals surface area contributed by atoms with E-state index in [2.05, 4.69) is 133 Å². The van der Waals surface area contributed by atoms with Crippen molar-refractivity contribution in [1.29, 1.82) is 0 Å². The van der Waals surface area contributed by atoms with Crippen LogP contribution in [0.2, 0.25) is 0 Å². The average Bonchev–Trinajstić information content (AvgIpc) is 4.06. The van der Waals surface area contributed by atoms with E-state index in [1.807, 2.05) is 78.9 Å². The predicted octanol–water partition coefficient (Wildman–Crippen LogP) is 18.3. The van der Waals surface area contributed by atoms with E-state index in [4.69, 9.17) is 26.2 Å². The molecule has 0 amide bonds. The highest BCUT2D eigenvalue weighted by atomic mass is 32.1. The van der Waals surface area contributed by atoms with Crippen LogP contribution in [0.3, 0.4) is 0 Å². The van der Waals surface area contributed by atoms with Gasteiger partial charge in [0.15, 0.2) is 17.5 Å². The largest absolute Gasteiger partial charge is 0.455 e. The Balaban J connectivity index is 1.01. The van der Waals surface area contributed by atoms with Crippen molar-refractivity contribution in [2.45, 2.75) is 0 Å². The van der Waals surface area contributed by atoms with Crippen LogP contribution in [-0.4, -0.2) is 15.0 Å². The van der Waals surface area contributed by atoms with E-state index in [1.54, 1.807) is 16.2 Å². The van der Waals surface area contributed by atoms with Gasteiger partial charge in [-0.05, 0) is 105 Å². The van der Waals surface area contributed by atoms with Gasteiger partial charge in [-0.3, -0.25) is 0 Å². The second-order valence-electron chi connectivity index (χ2n) is 17.5. The Labute approximate surface area is 420 Å². The number of thiophene rings is 1. The molecule has 0 saturated heterocycles. The molecule has 3 heterocycles. The number of aromatic nitrogens is 3. The fourth-order valence-corrected chi connectivity index (χ4v) is 11.3. The van der Waals surface area contributed by atoms with E-state index in [-0.39, 0.29) is 17.8 Å². The van der Waals surface area contributed by atoms with Crippen molar-refractivity contribution in [2.24, 2.45) is 0 Å². The number of nitrogens with zero attached hydrogens (tertiary/aromatic N) is 4. The summed E-state index contributed by atoms with van der Waals surface area (Å²) in [5, 5.41) is 8.44. The summed E-state index contributed by atoms with van der Waals surface area (Å²) in [5.41, 5.74) is 9.18. The molecule has 71 heavy (non-hydrogen) atoms. The number of fused-ring (bicyclic) bond motifs is 9. The third-order valence-electron chi connectivity index (χ3n) is 13.4. The number of hydrogen-bond acceptors (Lipinski definition) is 6. The van der Waals surface area contributed by atoms with Gasteiger partial charge in [0.1, 0.15) is 11.2 Å². The first-order chi connectivity index (χ1) is 37.3. The van der Waals surface area contributed by atoms with Gasteiger partial charge in [-0.15, -0.1) is 11.3 Å². The van der Waals surface area contributed by atoms with Gasteiger partial charge in [-0.1, -0.05) is 176 Å². The summed E-state index contributed by atoms with van der Waals surface area (Å²) < 4.78 is 53.1. The zero-order chi connectivity index (χ0) is 51.2. The van der Waals surface area contributed by atoms with Crippen molar-refractivity contribution in [2.75, 3.05) is 4.90 Å². The van der Waals surface area contributed by atoms with Crippen LogP contribution >= 0.6 is 11.3 Å². The minimum atomic E-state index is -0.465. The summed E-state index contributed by atoms with van der Waals surface area (Å²) in [7, 11) is 0. The lowest BCUT2D eigenvalue weighted by atomic mass is 9.95. The lowest BCUT2D eigenvalue weighted by molar-refractivity contribution is 0.673. The van der Waals surface area contributed by atoms with Crippen LogP contribution in [0.15, 0.2) is 247 Å². The highest BCUT2D eigenvalue weighted by Gasteiger charge is 2.23. The molecule has 0 aliphatic carbocycles. The maximum absolute atomic E-state index is 9.09. The molecule has 0 atom stereocenters. The van der Waals surface area contributed by atoms with E-state index < -0.39 is 18.1 Å². The number of para-hydroxylation sites is 3. The second-order valence-corrected chi connectivity index (χ2v) is 18.6. The molecule has 0 aliphatic rings. The molecule has 332 valence electrons. The standard InChI is InChI=1S/C65H40N4OS/c1-4-18-42(19-5-1)55-40-56-52-32-16-34-54(61(52)70-62(56)51-30-13-12-29-50(51)55)65-67-63(44-22-14-27-47(38-44)69(45-23-6-2-7-24-45)46-25-8-3-9-26-46)66-64(68-65)53-33-17-35-59-60(53)57-39-43(36-37-58(57)71-59)49-31-15-21-41-20-10-11-28-48(41)49/h1-40H/i2D,6D,7D,23D,24D. The molecular weight excluding hydrogens is 885 g/mol. The fourth-order valence-electron chi connectivity index (χ4n) is 10.2. The lowest BCUT2D eigenvalue weighted by Crippen LogP contribution is -2.10. The Hall–Kier alpha value is -9.23. The Morgan fingerprint density at radius 1 is 0.366 bits per heavy atom. The number of furan rings is 1. The zero-order valence-electron chi connectivity index (χ0n) is 42.8. The van der Waals surface area contributed by atoms with Crippen LogP contribution in [0.5, 0.6) is 0 Å². The van der Waals surface area contributed by atoms with Crippen molar-refractivity contribution in [1.82, 2.24) is 15.0 Å². The maximum atomic E-state index is 9.09. The molecule has 6 heteroatoms. The highest BCUT2D eigenvalue weighted by Crippen LogP contribution is 2.45. The first-order valence-corrected chi connectivity index (χ1v) is 24.2. The van der Waals surface area contributed by atoms with E-state index in [9.17, 15) is 0 Å². The predicted molar refractivity (Wildman–Crippen MR) is 297 cm³/mol. The zero-order valence-corrected chi connectivity index (χ0v) is 38.6. The van der Waals surface area contributed by atoms with Crippen molar-refractivity contribution in [3.8, 4) is 56.4 Å². The quantitative estimate of drug-likeness (QED) is 0.152. The summed E-state index contributed by atoms with van der Waals surface area (Å²) in [6.07, 6.45) is 0. The SMILES string of the molecule is [2H]c1c([2H])c([2H])c(N(c2ccccc2)c2cccc(-c3nc(-c4cccc5c4oc4c6ccccc6c(-c6ccccc6)cc54)nc(-c4cccc5sc6ccc(-c7cccc8ccccc78)cc6c45)n3)c2)c([2H])c1[2H]. The van der Waals surface area contributed by atoms with Crippen molar-refractivity contribution < 1.29 is 11.3 Å². The van der Waals surface area contributed by atoms with Gasteiger partial charge >= 0.3 is 0 Å². The third-order valence-corrected chi connectivity index (χ3v) is 14.5. The molecule has 0 aliphatic heterocycles. The molecule has 0 unspecified atom stereocenters. The smallest absolute Gasteiger partial charge is 0.167 e. The topological polar surface area (TPSA) is 55.1 Å². The van der Waals surface area contributed by atoms with Gasteiger partial charge in [0, 0.05) is 64.5 Å². The monoisotopic (exact) mass is 929 g/mol. The van der Waals surface area contributed by atoms with Crippen LogP contribution in [0.25, 0.3) is 120 Å². The summed E-state index contributed by atoms with van der Waals surface area (Å²) in [5.74, 6) is 1.23. The summed E-state index contributed by atoms with van der Waals surface area (Å²) in [6, 6.07) is 69.8. The van der Waals surface area contributed by atoms with Gasteiger partial charge in [-0.25, -0.2) is 15.0 Å². The molecule has 0 fully saturated rings. The maximum Gasteiger partial charge on any atom is 0.167 e. The van der Waals surface area contributed by atoms with E-state index in [1.165, 1.54) is 10.8 Å². The molecule has 3 aromatic heterocycles. The number of anilines is 3. The highest BCUT2D eigenvalue weighted by molar-refractivity contribution is 7.26. The van der Waals surface area contributed by atoms with E-state index >= 15 is 0 Å². The summed E-state index contributed by atoms with van der Waals surface area (Å²) in [4.78, 5) is 17.8. The molecule has 0 spiro atoms. The van der Waals surface area contributed by atoms with Crippen molar-refractivity contribution >= 4 is 92.1 Å². The van der Waals surface area contributed by atoms with Crippen molar-refractivity contribution in [3.05, 3.63) is 243 Å². The van der Waals surface area contributed by atoms with E-state index in [0.717, 1.165) is 75.1 Å². The second kappa shape index (κ2) is 16.8. The molecule has 11 aromatic carbocycles. The Morgan fingerprint density at radius 2 is 0.986 bits per heavy atom. The van der Waals surface area contributed by atoms with Gasteiger partial charge in [0.05, 0.1) is 12.4 Å². The molecule has 5 nitrogen and oxygen atoms in total. The van der Waals surface area contributed by atoms with Crippen LogP contribution in [-0.2, 0) is 0 Å². The molecule has 0 N–H and O–H groups in total. The summed E-state index contributed by atoms with van der Waals surface area (Å²) >= 11 is 1.73. The molecule has 0 bridgehead atoms. The van der Waals surface area contributed by atoms with Crippen molar-refractivity contribution in [3.63, 3.8) is 0 Å². The molecular formula is C65H40N4OS. The first kappa shape index (κ1) is 35.8. The third kappa shape index (κ3) is 6.95. The van der Waals surface area contributed by atoms with Gasteiger partial charge in [0.25, 0.3) is 0 Å². The molecule has 14 aromatic rings. The average molecular weight is 930 g/mol. The Bertz CT molecular complexity index is 4640. The van der Waals surface area contributed by atoms with Crippen LogP contribution in [0.4, 0.5) is 17.1 Å². The van der Waals surface area contributed by atoms with Crippen LogP contribution < -0.4 is 4.90 Å². The minimum absolute atomic E-state index is 0.0183. The Morgan fingerprint density at radius 3 is 1.85 bits per heavy atom. The number of rotatable bonds is 8. The Kier molecular flexibility index (Phi) is 8.47. The molecule has 0 radical (unpaired) electrons. The van der Waals surface area contributed by atoms with Crippen LogP contribution in [0, 0.1) is 0 Å². The first-order valence-electron chi connectivity index (χ1n) is 25.9. The lowest BCUT2D eigenvalue weighted by Gasteiger charge is -2.25. The van der Waals surface area contributed by atoms with Gasteiger partial charge in [0.2, 0.25) is 0 Å². The minimum Gasteiger partial charge on any atom is -0.455 e. The number of benzene rings is 11. The molecule has 14 rings (SSSR count). The van der Waals surface area contributed by atoms with Gasteiger partial charge < -0.3 is 9.32 Å². The van der Waals surface area contributed by atoms with Gasteiger partial charge in [-0.2, -0.15) is 0 Å². The normalized spacial score (nSPS) is 12.6. The summed E-state index contributed by atoms with van der Waals surface area (Å²) in [6.45, 7) is 0. The fraction of sp³-hybridized carbons (Fsp3) is 0. The number of hydrogen-bond donors (Lipinski definition) is 0. The van der Waals surface area contributed by atoms with E-state index in [0.29, 0.717) is 45.6 Å².